The Hall–Kier alpha value is -2.03. The Labute approximate surface area is 93.6 Å². The van der Waals surface area contributed by atoms with Gasteiger partial charge in [-0.05, 0) is 22.4 Å². The molecule has 1 aliphatic rings. The number of nitrogens with two attached hydrogens (primary N) is 1. The van der Waals surface area contributed by atoms with Crippen LogP contribution in [0, 0.1) is 0 Å². The van der Waals surface area contributed by atoms with Crippen LogP contribution in [-0.4, -0.2) is 12.6 Å². The normalized spacial score (nSPS) is 19.5. The molecule has 80 valence electrons. The van der Waals surface area contributed by atoms with Gasteiger partial charge in [0.15, 0.2) is 0 Å². The maximum atomic E-state index is 5.50. The van der Waals surface area contributed by atoms with Gasteiger partial charge in [0, 0.05) is 0 Å². The van der Waals surface area contributed by atoms with E-state index in [1.807, 2.05) is 12.1 Å². The number of aliphatic imine (C=N–C) groups is 1. The summed E-state index contributed by atoms with van der Waals surface area (Å²) in [6, 6.07) is 14.9. The Morgan fingerprint density at radius 3 is 2.69 bits per heavy atom. The van der Waals surface area contributed by atoms with E-state index in [2.05, 4.69) is 35.3 Å². The van der Waals surface area contributed by atoms with Gasteiger partial charge < -0.3 is 10.5 Å². The molecule has 2 N–H and O–H groups in total. The average molecular weight is 212 g/mol. The second-order valence-corrected chi connectivity index (χ2v) is 3.90. The van der Waals surface area contributed by atoms with Gasteiger partial charge in [-0.25, -0.2) is 4.99 Å². The summed E-state index contributed by atoms with van der Waals surface area (Å²) in [5.41, 5.74) is 6.65. The van der Waals surface area contributed by atoms with E-state index >= 15 is 0 Å². The lowest BCUT2D eigenvalue weighted by Gasteiger charge is -2.06. The fraction of sp³-hybridized carbons (Fsp3) is 0.154. The van der Waals surface area contributed by atoms with Crippen molar-refractivity contribution in [1.82, 2.24) is 0 Å². The largest absolute Gasteiger partial charge is 0.463 e. The van der Waals surface area contributed by atoms with Crippen molar-refractivity contribution < 1.29 is 4.74 Å². The molecule has 1 heterocycles. The van der Waals surface area contributed by atoms with Crippen molar-refractivity contribution in [3.05, 3.63) is 48.0 Å². The number of amidine groups is 1. The van der Waals surface area contributed by atoms with Crippen LogP contribution in [0.4, 0.5) is 0 Å². The van der Waals surface area contributed by atoms with E-state index in [0.29, 0.717) is 6.61 Å². The Morgan fingerprint density at radius 1 is 1.12 bits per heavy atom. The predicted molar refractivity (Wildman–Crippen MR) is 64.3 cm³/mol. The average Bonchev–Trinajstić information content (AvgIpc) is 2.75. The molecule has 3 heteroatoms. The maximum Gasteiger partial charge on any atom is 0.282 e. The van der Waals surface area contributed by atoms with Crippen LogP contribution in [0.3, 0.4) is 0 Å². The first-order chi connectivity index (χ1) is 7.83. The highest BCUT2D eigenvalue weighted by molar-refractivity contribution is 5.83. The van der Waals surface area contributed by atoms with Crippen molar-refractivity contribution in [2.75, 3.05) is 6.61 Å². The topological polar surface area (TPSA) is 47.6 Å². The number of benzene rings is 2. The zero-order valence-corrected chi connectivity index (χ0v) is 8.76. The molecule has 0 fully saturated rings. The third-order valence-electron chi connectivity index (χ3n) is 2.83. The SMILES string of the molecule is NC1=N[C@@H](c2ccc3ccccc3c2)CO1. The molecule has 3 rings (SSSR count). The van der Waals surface area contributed by atoms with Crippen molar-refractivity contribution in [1.29, 1.82) is 0 Å². The Bertz CT molecular complexity index is 563. The van der Waals surface area contributed by atoms with Crippen LogP contribution in [-0.2, 0) is 4.74 Å². The number of hydrogen-bond donors (Lipinski definition) is 1. The Kier molecular flexibility index (Phi) is 2.03. The van der Waals surface area contributed by atoms with Gasteiger partial charge in [0.05, 0.1) is 0 Å². The van der Waals surface area contributed by atoms with Gasteiger partial charge in [-0.3, -0.25) is 0 Å². The summed E-state index contributed by atoms with van der Waals surface area (Å²) < 4.78 is 5.16. The first kappa shape index (κ1) is 9.21. The monoisotopic (exact) mass is 212 g/mol. The van der Waals surface area contributed by atoms with Crippen molar-refractivity contribution in [2.24, 2.45) is 10.7 Å². The van der Waals surface area contributed by atoms with E-state index < -0.39 is 0 Å². The highest BCUT2D eigenvalue weighted by atomic mass is 16.5. The summed E-state index contributed by atoms with van der Waals surface area (Å²) in [7, 11) is 0. The summed E-state index contributed by atoms with van der Waals surface area (Å²) in [4.78, 5) is 4.24. The maximum absolute atomic E-state index is 5.50. The quantitative estimate of drug-likeness (QED) is 0.787. The summed E-state index contributed by atoms with van der Waals surface area (Å²) in [6.45, 7) is 0.546. The third kappa shape index (κ3) is 1.50. The van der Waals surface area contributed by atoms with Crippen molar-refractivity contribution in [2.45, 2.75) is 6.04 Å². The van der Waals surface area contributed by atoms with Crippen LogP contribution in [0.1, 0.15) is 11.6 Å². The predicted octanol–water partition coefficient (Wildman–Crippen LogP) is 2.23. The van der Waals surface area contributed by atoms with Gasteiger partial charge in [-0.1, -0.05) is 36.4 Å². The van der Waals surface area contributed by atoms with Gasteiger partial charge in [-0.15, -0.1) is 0 Å². The first-order valence-electron chi connectivity index (χ1n) is 5.28. The molecule has 0 unspecified atom stereocenters. The van der Waals surface area contributed by atoms with Gasteiger partial charge >= 0.3 is 0 Å². The number of rotatable bonds is 1. The standard InChI is InChI=1S/C13H12N2O/c14-13-15-12(8-16-13)11-6-5-9-3-1-2-4-10(9)7-11/h1-7,12H,8H2,(H2,14,15)/t12-/m1/s1. The molecule has 2 aromatic rings. The van der Waals surface area contributed by atoms with Crippen LogP contribution >= 0.6 is 0 Å². The molecule has 0 bridgehead atoms. The lowest BCUT2D eigenvalue weighted by atomic mass is 10.0. The molecule has 3 nitrogen and oxygen atoms in total. The van der Waals surface area contributed by atoms with Gasteiger partial charge in [0.25, 0.3) is 6.02 Å². The van der Waals surface area contributed by atoms with Gasteiger partial charge in [-0.2, -0.15) is 0 Å². The molecule has 0 saturated carbocycles. The summed E-state index contributed by atoms with van der Waals surface area (Å²) in [5, 5.41) is 2.46. The minimum absolute atomic E-state index is 0.0459. The minimum Gasteiger partial charge on any atom is -0.463 e. The zero-order valence-electron chi connectivity index (χ0n) is 8.76. The molecule has 2 aromatic carbocycles. The fourth-order valence-corrected chi connectivity index (χ4v) is 1.98. The van der Waals surface area contributed by atoms with Crippen LogP contribution in [0.25, 0.3) is 10.8 Å². The first-order valence-corrected chi connectivity index (χ1v) is 5.28. The lowest BCUT2D eigenvalue weighted by molar-refractivity contribution is 0.315. The molecule has 1 aliphatic heterocycles. The molecule has 16 heavy (non-hydrogen) atoms. The molecule has 1 atom stereocenters. The van der Waals surface area contributed by atoms with Crippen molar-refractivity contribution in [3.8, 4) is 0 Å². The Balaban J connectivity index is 2.05. The summed E-state index contributed by atoms with van der Waals surface area (Å²) in [6.07, 6.45) is 0. The van der Waals surface area contributed by atoms with Gasteiger partial charge in [0.2, 0.25) is 0 Å². The molecule has 0 saturated heterocycles. The van der Waals surface area contributed by atoms with Crippen molar-refractivity contribution >= 4 is 16.8 Å². The third-order valence-corrected chi connectivity index (χ3v) is 2.83. The van der Waals surface area contributed by atoms with Gasteiger partial charge in [0.1, 0.15) is 12.6 Å². The lowest BCUT2D eigenvalue weighted by Crippen LogP contribution is -2.10. The summed E-state index contributed by atoms with van der Waals surface area (Å²) >= 11 is 0. The highest BCUT2D eigenvalue weighted by Crippen LogP contribution is 2.25. The minimum atomic E-state index is 0.0459. The smallest absolute Gasteiger partial charge is 0.282 e. The van der Waals surface area contributed by atoms with E-state index in [1.165, 1.54) is 10.8 Å². The second kappa shape index (κ2) is 3.52. The molecule has 0 aliphatic carbocycles. The van der Waals surface area contributed by atoms with E-state index in [0.717, 1.165) is 5.56 Å². The molecule has 0 aromatic heterocycles. The fourth-order valence-electron chi connectivity index (χ4n) is 1.98. The molecule has 0 amide bonds. The number of hydrogen-bond acceptors (Lipinski definition) is 3. The van der Waals surface area contributed by atoms with E-state index in [4.69, 9.17) is 10.5 Å². The summed E-state index contributed by atoms with van der Waals surface area (Å²) in [5.74, 6) is 0. The van der Waals surface area contributed by atoms with Crippen molar-refractivity contribution in [3.63, 3.8) is 0 Å². The molecule has 0 spiro atoms. The van der Waals surface area contributed by atoms with Crippen LogP contribution in [0.15, 0.2) is 47.5 Å². The van der Waals surface area contributed by atoms with E-state index in [1.54, 1.807) is 0 Å². The number of fused-ring (bicyclic) bond motifs is 1. The van der Waals surface area contributed by atoms with Crippen LogP contribution in [0.2, 0.25) is 0 Å². The van der Waals surface area contributed by atoms with Crippen LogP contribution < -0.4 is 5.73 Å². The molecular formula is C13H12N2O. The zero-order chi connectivity index (χ0) is 11.0. The Morgan fingerprint density at radius 2 is 1.94 bits per heavy atom. The number of nitrogens with zero attached hydrogens (tertiary/aromatic N) is 1. The number of ether oxygens (including phenoxy) is 1. The van der Waals surface area contributed by atoms with Crippen LogP contribution in [0.5, 0.6) is 0 Å². The van der Waals surface area contributed by atoms with E-state index in [9.17, 15) is 0 Å². The highest BCUT2D eigenvalue weighted by Gasteiger charge is 2.18. The molecular weight excluding hydrogens is 200 g/mol. The second-order valence-electron chi connectivity index (χ2n) is 3.90. The van der Waals surface area contributed by atoms with E-state index in [-0.39, 0.29) is 12.1 Å². The molecule has 0 radical (unpaired) electrons.